The average molecular weight is 256 g/mol. The molecule has 0 spiro atoms. The van der Waals surface area contributed by atoms with Crippen LogP contribution in [0.2, 0.25) is 0 Å². The molecule has 2 N–H and O–H groups in total. The smallest absolute Gasteiger partial charge is 0.208 e. The van der Waals surface area contributed by atoms with Gasteiger partial charge in [0, 0.05) is 11.9 Å². The standard InChI is InChI=1S/C12H9FN6/c13-8-3-5-9(6-4-8)15-11-10(2-1-7-14-11)12-16-18-19-17-12/h1-7H,(H,14,15)(H,16,17,18,19). The molecule has 0 amide bonds. The third kappa shape index (κ3) is 2.39. The summed E-state index contributed by atoms with van der Waals surface area (Å²) in [7, 11) is 0. The number of anilines is 2. The average Bonchev–Trinajstić information content (AvgIpc) is 2.96. The maximum Gasteiger partial charge on any atom is 0.208 e. The monoisotopic (exact) mass is 256 g/mol. The van der Waals surface area contributed by atoms with Gasteiger partial charge < -0.3 is 5.32 Å². The van der Waals surface area contributed by atoms with Crippen molar-refractivity contribution in [2.75, 3.05) is 5.32 Å². The quantitative estimate of drug-likeness (QED) is 0.750. The molecule has 0 saturated heterocycles. The lowest BCUT2D eigenvalue weighted by atomic mass is 10.2. The maximum atomic E-state index is 12.9. The number of hydrogen-bond acceptors (Lipinski definition) is 5. The van der Waals surface area contributed by atoms with Crippen LogP contribution in [0, 0.1) is 5.82 Å². The number of halogens is 1. The number of nitrogens with zero attached hydrogens (tertiary/aromatic N) is 4. The molecule has 3 aromatic rings. The minimum absolute atomic E-state index is 0.287. The van der Waals surface area contributed by atoms with Crippen LogP contribution in [0.1, 0.15) is 0 Å². The summed E-state index contributed by atoms with van der Waals surface area (Å²) < 4.78 is 12.9. The number of hydrogen-bond donors (Lipinski definition) is 2. The third-order valence-electron chi connectivity index (χ3n) is 2.50. The van der Waals surface area contributed by atoms with Gasteiger partial charge in [-0.1, -0.05) is 0 Å². The molecule has 0 aliphatic carbocycles. The second-order valence-corrected chi connectivity index (χ2v) is 3.77. The fourth-order valence-corrected chi connectivity index (χ4v) is 1.63. The van der Waals surface area contributed by atoms with Crippen LogP contribution >= 0.6 is 0 Å². The summed E-state index contributed by atoms with van der Waals surface area (Å²) in [6, 6.07) is 9.61. The number of nitrogens with one attached hydrogen (secondary N) is 2. The summed E-state index contributed by atoms with van der Waals surface area (Å²) >= 11 is 0. The van der Waals surface area contributed by atoms with E-state index in [4.69, 9.17) is 0 Å². The van der Waals surface area contributed by atoms with Crippen molar-refractivity contribution in [2.24, 2.45) is 0 Å². The second kappa shape index (κ2) is 4.81. The van der Waals surface area contributed by atoms with Crippen LogP contribution < -0.4 is 5.32 Å². The number of pyridine rings is 1. The zero-order valence-electron chi connectivity index (χ0n) is 9.71. The molecule has 2 aromatic heterocycles. The number of aromatic amines is 1. The van der Waals surface area contributed by atoms with Gasteiger partial charge in [0.15, 0.2) is 0 Å². The van der Waals surface area contributed by atoms with Gasteiger partial charge in [-0.2, -0.15) is 5.21 Å². The minimum Gasteiger partial charge on any atom is -0.340 e. The normalized spacial score (nSPS) is 10.4. The van der Waals surface area contributed by atoms with Crippen molar-refractivity contribution in [1.82, 2.24) is 25.6 Å². The van der Waals surface area contributed by atoms with Gasteiger partial charge >= 0.3 is 0 Å². The van der Waals surface area contributed by atoms with E-state index in [-0.39, 0.29) is 5.82 Å². The molecule has 94 valence electrons. The van der Waals surface area contributed by atoms with E-state index < -0.39 is 0 Å². The van der Waals surface area contributed by atoms with Gasteiger partial charge in [-0.25, -0.2) is 9.37 Å². The molecule has 0 fully saturated rings. The zero-order valence-corrected chi connectivity index (χ0v) is 9.71. The van der Waals surface area contributed by atoms with Gasteiger partial charge in [-0.3, -0.25) is 0 Å². The Balaban J connectivity index is 1.95. The van der Waals surface area contributed by atoms with E-state index in [0.717, 1.165) is 5.69 Å². The van der Waals surface area contributed by atoms with Gasteiger partial charge in [0.05, 0.1) is 5.56 Å². The van der Waals surface area contributed by atoms with Gasteiger partial charge in [0.2, 0.25) is 5.82 Å². The second-order valence-electron chi connectivity index (χ2n) is 3.77. The molecule has 3 rings (SSSR count). The van der Waals surface area contributed by atoms with E-state index in [0.29, 0.717) is 17.2 Å². The molecule has 0 bridgehead atoms. The highest BCUT2D eigenvalue weighted by molar-refractivity contribution is 5.73. The number of benzene rings is 1. The van der Waals surface area contributed by atoms with Crippen LogP contribution in [0.25, 0.3) is 11.4 Å². The lowest BCUT2D eigenvalue weighted by molar-refractivity contribution is 0.628. The molecule has 0 aliphatic heterocycles. The van der Waals surface area contributed by atoms with E-state index in [9.17, 15) is 4.39 Å². The topological polar surface area (TPSA) is 79.4 Å². The van der Waals surface area contributed by atoms with Crippen LogP contribution in [0.15, 0.2) is 42.6 Å². The predicted molar refractivity (Wildman–Crippen MR) is 67.1 cm³/mol. The Labute approximate surface area is 107 Å². The van der Waals surface area contributed by atoms with E-state index in [2.05, 4.69) is 30.9 Å². The van der Waals surface area contributed by atoms with Crippen LogP contribution in [-0.2, 0) is 0 Å². The van der Waals surface area contributed by atoms with Gasteiger partial charge in [-0.15, -0.1) is 10.2 Å². The molecular weight excluding hydrogens is 247 g/mol. The van der Waals surface area contributed by atoms with Crippen LogP contribution in [0.3, 0.4) is 0 Å². The number of tetrazole rings is 1. The Morgan fingerprint density at radius 1 is 1.11 bits per heavy atom. The van der Waals surface area contributed by atoms with Gasteiger partial charge in [-0.05, 0) is 41.6 Å². The Bertz CT molecular complexity index is 665. The molecule has 2 heterocycles. The molecule has 7 heteroatoms. The molecule has 6 nitrogen and oxygen atoms in total. The van der Waals surface area contributed by atoms with Crippen molar-refractivity contribution in [1.29, 1.82) is 0 Å². The summed E-state index contributed by atoms with van der Waals surface area (Å²) in [4.78, 5) is 4.23. The van der Waals surface area contributed by atoms with Crippen LogP contribution in [0.5, 0.6) is 0 Å². The zero-order chi connectivity index (χ0) is 13.1. The van der Waals surface area contributed by atoms with Crippen LogP contribution in [-0.4, -0.2) is 25.6 Å². The molecule has 19 heavy (non-hydrogen) atoms. The van der Waals surface area contributed by atoms with E-state index in [1.807, 2.05) is 6.07 Å². The molecular formula is C12H9FN6. The highest BCUT2D eigenvalue weighted by Crippen LogP contribution is 2.24. The summed E-state index contributed by atoms with van der Waals surface area (Å²) in [6.45, 7) is 0. The summed E-state index contributed by atoms with van der Waals surface area (Å²) in [5.41, 5.74) is 1.44. The SMILES string of the molecule is Fc1ccc(Nc2ncccc2-c2nn[nH]n2)cc1. The molecule has 1 aromatic carbocycles. The number of H-pyrrole nitrogens is 1. The first-order chi connectivity index (χ1) is 9.33. The van der Waals surface area contributed by atoms with Gasteiger partial charge in [0.1, 0.15) is 11.6 Å². The van der Waals surface area contributed by atoms with Crippen molar-refractivity contribution in [2.45, 2.75) is 0 Å². The van der Waals surface area contributed by atoms with Gasteiger partial charge in [0.25, 0.3) is 0 Å². The first kappa shape index (κ1) is 11.3. The first-order valence-corrected chi connectivity index (χ1v) is 5.54. The molecule has 0 unspecified atom stereocenters. The third-order valence-corrected chi connectivity index (χ3v) is 2.50. The summed E-state index contributed by atoms with van der Waals surface area (Å²) in [5, 5.41) is 16.8. The van der Waals surface area contributed by atoms with Crippen molar-refractivity contribution in [3.8, 4) is 11.4 Å². The lowest BCUT2D eigenvalue weighted by Gasteiger charge is -2.08. The van der Waals surface area contributed by atoms with E-state index in [1.165, 1.54) is 12.1 Å². The number of rotatable bonds is 3. The van der Waals surface area contributed by atoms with E-state index >= 15 is 0 Å². The fraction of sp³-hybridized carbons (Fsp3) is 0. The highest BCUT2D eigenvalue weighted by Gasteiger charge is 2.10. The van der Waals surface area contributed by atoms with Crippen molar-refractivity contribution >= 4 is 11.5 Å². The molecule has 0 aliphatic rings. The van der Waals surface area contributed by atoms with Crippen LogP contribution in [0.4, 0.5) is 15.9 Å². The molecule has 0 radical (unpaired) electrons. The minimum atomic E-state index is -0.287. The van der Waals surface area contributed by atoms with Crippen molar-refractivity contribution in [3.05, 3.63) is 48.4 Å². The Morgan fingerprint density at radius 3 is 2.68 bits per heavy atom. The summed E-state index contributed by atoms with van der Waals surface area (Å²) in [6.07, 6.45) is 1.65. The Morgan fingerprint density at radius 2 is 1.95 bits per heavy atom. The first-order valence-electron chi connectivity index (χ1n) is 5.54. The molecule has 0 saturated carbocycles. The number of aromatic nitrogens is 5. The largest absolute Gasteiger partial charge is 0.340 e. The highest BCUT2D eigenvalue weighted by atomic mass is 19.1. The molecule has 0 atom stereocenters. The maximum absolute atomic E-state index is 12.9. The van der Waals surface area contributed by atoms with Crippen molar-refractivity contribution < 1.29 is 4.39 Å². The van der Waals surface area contributed by atoms with E-state index in [1.54, 1.807) is 24.4 Å². The predicted octanol–water partition coefficient (Wildman–Crippen LogP) is 2.14. The summed E-state index contributed by atoms with van der Waals surface area (Å²) in [5.74, 6) is 0.734. The lowest BCUT2D eigenvalue weighted by Crippen LogP contribution is -1.97. The fourth-order valence-electron chi connectivity index (χ4n) is 1.63. The van der Waals surface area contributed by atoms with Crippen molar-refractivity contribution in [3.63, 3.8) is 0 Å². The Hall–Kier alpha value is -2.83. The Kier molecular flexibility index (Phi) is 2.85.